The Morgan fingerprint density at radius 2 is 1.82 bits per heavy atom. The highest BCUT2D eigenvalue weighted by Crippen LogP contribution is 2.14. The summed E-state index contributed by atoms with van der Waals surface area (Å²) in [6.07, 6.45) is 1.78. The lowest BCUT2D eigenvalue weighted by molar-refractivity contribution is 0.729. The van der Waals surface area contributed by atoms with E-state index in [-0.39, 0.29) is 0 Å². The average Bonchev–Trinajstić information content (AvgIpc) is 2.42. The van der Waals surface area contributed by atoms with Crippen LogP contribution in [-0.4, -0.2) is 18.1 Å². The highest BCUT2D eigenvalue weighted by Gasteiger charge is 2.08. The van der Waals surface area contributed by atoms with Crippen LogP contribution in [0.4, 0.5) is 5.82 Å². The number of nitrogens with zero attached hydrogens (tertiary/aromatic N) is 1. The van der Waals surface area contributed by atoms with Gasteiger partial charge >= 0.3 is 0 Å². The van der Waals surface area contributed by atoms with Gasteiger partial charge in [-0.3, -0.25) is 0 Å². The van der Waals surface area contributed by atoms with Crippen molar-refractivity contribution in [2.45, 2.75) is 5.92 Å². The van der Waals surface area contributed by atoms with Gasteiger partial charge in [0.05, 0.1) is 0 Å². The molecule has 3 heteroatoms. The van der Waals surface area contributed by atoms with Crippen molar-refractivity contribution in [3.63, 3.8) is 0 Å². The number of pyridine rings is 1. The molecule has 0 fully saturated rings. The molecule has 0 aliphatic heterocycles. The highest BCUT2D eigenvalue weighted by atomic mass is 15.0. The Morgan fingerprint density at radius 3 is 2.47 bits per heavy atom. The Kier molecular flexibility index (Phi) is 4.11. The van der Waals surface area contributed by atoms with Crippen molar-refractivity contribution in [1.29, 1.82) is 0 Å². The molecule has 1 atom stereocenters. The van der Waals surface area contributed by atoms with E-state index in [4.69, 9.17) is 5.73 Å². The number of hydrogen-bond acceptors (Lipinski definition) is 3. The first-order valence-electron chi connectivity index (χ1n) is 5.80. The fourth-order valence-electron chi connectivity index (χ4n) is 1.76. The van der Waals surface area contributed by atoms with Crippen LogP contribution in [0.5, 0.6) is 0 Å². The van der Waals surface area contributed by atoms with Gasteiger partial charge in [-0.2, -0.15) is 0 Å². The van der Waals surface area contributed by atoms with Crippen molar-refractivity contribution >= 4 is 5.82 Å². The van der Waals surface area contributed by atoms with Gasteiger partial charge in [0.25, 0.3) is 0 Å². The quantitative estimate of drug-likeness (QED) is 0.823. The lowest BCUT2D eigenvalue weighted by atomic mass is 9.99. The van der Waals surface area contributed by atoms with Crippen molar-refractivity contribution in [2.24, 2.45) is 5.73 Å². The molecule has 0 radical (unpaired) electrons. The Morgan fingerprint density at radius 1 is 1.06 bits per heavy atom. The van der Waals surface area contributed by atoms with E-state index in [9.17, 15) is 0 Å². The van der Waals surface area contributed by atoms with Crippen molar-refractivity contribution < 1.29 is 0 Å². The van der Waals surface area contributed by atoms with E-state index in [2.05, 4.69) is 22.4 Å². The molecule has 0 saturated heterocycles. The molecular formula is C14H17N3. The molecule has 1 unspecified atom stereocenters. The molecule has 88 valence electrons. The largest absolute Gasteiger partial charge is 0.369 e. The van der Waals surface area contributed by atoms with Gasteiger partial charge in [-0.1, -0.05) is 36.4 Å². The third-order valence-corrected chi connectivity index (χ3v) is 2.75. The average molecular weight is 227 g/mol. The van der Waals surface area contributed by atoms with Crippen LogP contribution in [0.2, 0.25) is 0 Å². The second-order valence-electron chi connectivity index (χ2n) is 3.94. The van der Waals surface area contributed by atoms with Gasteiger partial charge in [-0.15, -0.1) is 0 Å². The van der Waals surface area contributed by atoms with Gasteiger partial charge < -0.3 is 11.1 Å². The summed E-state index contributed by atoms with van der Waals surface area (Å²) in [5, 5.41) is 3.30. The van der Waals surface area contributed by atoms with Crippen LogP contribution in [0.3, 0.4) is 0 Å². The first kappa shape index (κ1) is 11.6. The Bertz CT molecular complexity index is 428. The number of rotatable bonds is 5. The number of benzene rings is 1. The summed E-state index contributed by atoms with van der Waals surface area (Å²) in [5.41, 5.74) is 7.07. The Balaban J connectivity index is 1.97. The SMILES string of the molecule is NCC(CNc1ccccn1)c1ccccc1. The maximum atomic E-state index is 5.81. The fourth-order valence-corrected chi connectivity index (χ4v) is 1.76. The molecule has 0 aliphatic rings. The van der Waals surface area contributed by atoms with E-state index in [0.29, 0.717) is 12.5 Å². The molecule has 17 heavy (non-hydrogen) atoms. The number of nitrogens with one attached hydrogen (secondary N) is 1. The molecule has 2 aromatic rings. The van der Waals surface area contributed by atoms with Crippen molar-refractivity contribution in [3.8, 4) is 0 Å². The number of anilines is 1. The van der Waals surface area contributed by atoms with E-state index >= 15 is 0 Å². The number of aromatic nitrogens is 1. The third-order valence-electron chi connectivity index (χ3n) is 2.75. The monoisotopic (exact) mass is 227 g/mol. The Hall–Kier alpha value is -1.87. The molecule has 1 aromatic carbocycles. The molecule has 3 nitrogen and oxygen atoms in total. The zero-order chi connectivity index (χ0) is 11.9. The van der Waals surface area contributed by atoms with Crippen molar-refractivity contribution in [2.75, 3.05) is 18.4 Å². The fraction of sp³-hybridized carbons (Fsp3) is 0.214. The zero-order valence-electron chi connectivity index (χ0n) is 9.71. The van der Waals surface area contributed by atoms with Crippen LogP contribution in [0.15, 0.2) is 54.7 Å². The van der Waals surface area contributed by atoms with E-state index in [1.165, 1.54) is 5.56 Å². The minimum Gasteiger partial charge on any atom is -0.369 e. The topological polar surface area (TPSA) is 50.9 Å². The molecule has 3 N–H and O–H groups in total. The van der Waals surface area contributed by atoms with E-state index in [1.807, 2.05) is 36.4 Å². The summed E-state index contributed by atoms with van der Waals surface area (Å²) in [6, 6.07) is 16.1. The molecule has 0 amide bonds. The first-order valence-corrected chi connectivity index (χ1v) is 5.80. The molecule has 0 aliphatic carbocycles. The minimum absolute atomic E-state index is 0.318. The number of nitrogens with two attached hydrogens (primary N) is 1. The van der Waals surface area contributed by atoms with Gasteiger partial charge in [0.2, 0.25) is 0 Å². The number of hydrogen-bond donors (Lipinski definition) is 2. The molecule has 0 spiro atoms. The normalized spacial score (nSPS) is 12.1. The smallest absolute Gasteiger partial charge is 0.125 e. The predicted molar refractivity (Wildman–Crippen MR) is 71.0 cm³/mol. The molecule has 1 aromatic heterocycles. The molecule has 0 bridgehead atoms. The van der Waals surface area contributed by atoms with Gasteiger partial charge in [0.1, 0.15) is 5.82 Å². The van der Waals surface area contributed by atoms with Crippen LogP contribution in [0, 0.1) is 0 Å². The lowest BCUT2D eigenvalue weighted by Gasteiger charge is -2.16. The van der Waals surface area contributed by atoms with Crippen molar-refractivity contribution in [3.05, 3.63) is 60.3 Å². The first-order chi connectivity index (χ1) is 8.40. The highest BCUT2D eigenvalue weighted by molar-refractivity contribution is 5.34. The van der Waals surface area contributed by atoms with Crippen molar-refractivity contribution in [1.82, 2.24) is 4.98 Å². The second-order valence-corrected chi connectivity index (χ2v) is 3.94. The van der Waals surface area contributed by atoms with Gasteiger partial charge in [0, 0.05) is 25.2 Å². The Labute approximate surface area is 102 Å². The summed E-state index contributed by atoms with van der Waals surface area (Å²) >= 11 is 0. The summed E-state index contributed by atoms with van der Waals surface area (Å²) in [7, 11) is 0. The van der Waals surface area contributed by atoms with Gasteiger partial charge in [-0.05, 0) is 17.7 Å². The van der Waals surface area contributed by atoms with Gasteiger partial charge in [0.15, 0.2) is 0 Å². The van der Waals surface area contributed by atoms with Crippen LogP contribution in [0.25, 0.3) is 0 Å². The zero-order valence-corrected chi connectivity index (χ0v) is 9.71. The van der Waals surface area contributed by atoms with Crippen LogP contribution in [0.1, 0.15) is 11.5 Å². The van der Waals surface area contributed by atoms with Crippen LogP contribution < -0.4 is 11.1 Å². The maximum absolute atomic E-state index is 5.81. The van der Waals surface area contributed by atoms with E-state index in [1.54, 1.807) is 6.20 Å². The second kappa shape index (κ2) is 6.01. The standard InChI is InChI=1S/C14H17N3/c15-10-13(12-6-2-1-3-7-12)11-17-14-8-4-5-9-16-14/h1-9,13H,10-11,15H2,(H,16,17). The molecular weight excluding hydrogens is 210 g/mol. The molecule has 2 rings (SSSR count). The maximum Gasteiger partial charge on any atom is 0.125 e. The molecule has 0 saturated carbocycles. The summed E-state index contributed by atoms with van der Waals surface area (Å²) in [4.78, 5) is 4.23. The summed E-state index contributed by atoms with van der Waals surface area (Å²) in [6.45, 7) is 1.43. The van der Waals surface area contributed by atoms with E-state index in [0.717, 1.165) is 12.4 Å². The summed E-state index contributed by atoms with van der Waals surface area (Å²) < 4.78 is 0. The predicted octanol–water partition coefficient (Wildman–Crippen LogP) is 2.24. The summed E-state index contributed by atoms with van der Waals surface area (Å²) in [5.74, 6) is 1.21. The third kappa shape index (κ3) is 3.29. The lowest BCUT2D eigenvalue weighted by Crippen LogP contribution is -2.21. The van der Waals surface area contributed by atoms with E-state index < -0.39 is 0 Å². The van der Waals surface area contributed by atoms with Gasteiger partial charge in [-0.25, -0.2) is 4.98 Å². The minimum atomic E-state index is 0.318. The van der Waals surface area contributed by atoms with Crippen LogP contribution in [-0.2, 0) is 0 Å². The van der Waals surface area contributed by atoms with Crippen LogP contribution >= 0.6 is 0 Å². The molecule has 1 heterocycles.